The van der Waals surface area contributed by atoms with Crippen LogP contribution in [0.15, 0.2) is 18.2 Å². The lowest BCUT2D eigenvalue weighted by molar-refractivity contribution is -0.0251. The molecular formula is C13H18ClNO2. The fourth-order valence-corrected chi connectivity index (χ4v) is 2.58. The van der Waals surface area contributed by atoms with Gasteiger partial charge in [0.15, 0.2) is 0 Å². The number of ether oxygens (including phenoxy) is 2. The van der Waals surface area contributed by atoms with Gasteiger partial charge in [-0.05, 0) is 37.1 Å². The molecule has 0 radical (unpaired) electrons. The Balaban J connectivity index is 2.23. The van der Waals surface area contributed by atoms with Crippen LogP contribution in [0.25, 0.3) is 0 Å². The maximum absolute atomic E-state index is 6.13. The molecular weight excluding hydrogens is 238 g/mol. The van der Waals surface area contributed by atoms with Gasteiger partial charge in [-0.3, -0.25) is 0 Å². The Morgan fingerprint density at radius 3 is 3.00 bits per heavy atom. The summed E-state index contributed by atoms with van der Waals surface area (Å²) in [6.45, 7) is 1.44. The van der Waals surface area contributed by atoms with Crippen LogP contribution in [0.3, 0.4) is 0 Å². The lowest BCUT2D eigenvalue weighted by atomic mass is 9.89. The van der Waals surface area contributed by atoms with Crippen LogP contribution >= 0.6 is 11.6 Å². The van der Waals surface area contributed by atoms with Crippen molar-refractivity contribution in [2.75, 3.05) is 20.3 Å². The van der Waals surface area contributed by atoms with Crippen molar-refractivity contribution in [1.29, 1.82) is 0 Å². The van der Waals surface area contributed by atoms with E-state index in [0.717, 1.165) is 25.0 Å². The largest absolute Gasteiger partial charge is 0.495 e. The first kappa shape index (κ1) is 12.7. The van der Waals surface area contributed by atoms with E-state index in [-0.39, 0.29) is 6.10 Å². The minimum atomic E-state index is 0.0668. The summed E-state index contributed by atoms with van der Waals surface area (Å²) in [5, 5.41) is 0.620. The Morgan fingerprint density at radius 2 is 2.35 bits per heavy atom. The van der Waals surface area contributed by atoms with Crippen molar-refractivity contribution in [2.45, 2.75) is 18.9 Å². The van der Waals surface area contributed by atoms with Crippen LogP contribution in [0.4, 0.5) is 0 Å². The van der Waals surface area contributed by atoms with E-state index in [4.69, 9.17) is 26.8 Å². The van der Waals surface area contributed by atoms with Crippen LogP contribution in [0.1, 0.15) is 24.5 Å². The molecule has 1 aromatic rings. The third kappa shape index (κ3) is 2.73. The van der Waals surface area contributed by atoms with Crippen molar-refractivity contribution >= 4 is 11.6 Å². The monoisotopic (exact) mass is 255 g/mol. The molecule has 3 nitrogen and oxygen atoms in total. The number of methoxy groups -OCH3 is 1. The predicted molar refractivity (Wildman–Crippen MR) is 68.5 cm³/mol. The number of halogens is 1. The van der Waals surface area contributed by atoms with Gasteiger partial charge in [0.1, 0.15) is 5.75 Å². The van der Waals surface area contributed by atoms with Crippen molar-refractivity contribution in [3.63, 3.8) is 0 Å². The molecule has 0 bridgehead atoms. The van der Waals surface area contributed by atoms with Gasteiger partial charge in [0.25, 0.3) is 0 Å². The fraction of sp³-hybridized carbons (Fsp3) is 0.538. The first-order valence-electron chi connectivity index (χ1n) is 5.91. The van der Waals surface area contributed by atoms with E-state index in [1.54, 1.807) is 7.11 Å². The van der Waals surface area contributed by atoms with Gasteiger partial charge in [0.2, 0.25) is 0 Å². The normalized spacial score (nSPS) is 24.6. The zero-order valence-electron chi connectivity index (χ0n) is 9.99. The van der Waals surface area contributed by atoms with Crippen molar-refractivity contribution in [3.8, 4) is 5.75 Å². The molecule has 1 heterocycles. The lowest BCUT2D eigenvalue weighted by Crippen LogP contribution is -2.28. The third-order valence-electron chi connectivity index (χ3n) is 3.25. The van der Waals surface area contributed by atoms with Crippen molar-refractivity contribution < 1.29 is 9.47 Å². The van der Waals surface area contributed by atoms with Gasteiger partial charge in [-0.15, -0.1) is 0 Å². The smallest absolute Gasteiger partial charge is 0.137 e. The van der Waals surface area contributed by atoms with Gasteiger partial charge >= 0.3 is 0 Å². The van der Waals surface area contributed by atoms with E-state index in [0.29, 0.717) is 23.2 Å². The maximum atomic E-state index is 6.13. The molecule has 94 valence electrons. The third-order valence-corrected chi connectivity index (χ3v) is 3.55. The molecule has 1 fully saturated rings. The molecule has 2 N–H and O–H groups in total. The number of benzene rings is 1. The quantitative estimate of drug-likeness (QED) is 0.903. The highest BCUT2D eigenvalue weighted by atomic mass is 35.5. The number of rotatable bonds is 3. The molecule has 1 aliphatic rings. The number of hydrogen-bond donors (Lipinski definition) is 1. The molecule has 2 atom stereocenters. The van der Waals surface area contributed by atoms with E-state index in [1.165, 1.54) is 0 Å². The van der Waals surface area contributed by atoms with Crippen LogP contribution in [0.5, 0.6) is 5.75 Å². The topological polar surface area (TPSA) is 44.5 Å². The van der Waals surface area contributed by atoms with Crippen molar-refractivity contribution in [3.05, 3.63) is 28.8 Å². The van der Waals surface area contributed by atoms with Gasteiger partial charge < -0.3 is 15.2 Å². The Kier molecular flexibility index (Phi) is 4.26. The molecule has 0 amide bonds. The summed E-state index contributed by atoms with van der Waals surface area (Å²) >= 11 is 6.13. The molecule has 2 rings (SSSR count). The second kappa shape index (κ2) is 5.71. The SMILES string of the molecule is COc1ccc(C2OCCCC2CN)cc1Cl. The molecule has 0 saturated carbocycles. The Labute approximate surface area is 107 Å². The lowest BCUT2D eigenvalue weighted by Gasteiger charge is -2.31. The van der Waals surface area contributed by atoms with E-state index in [1.807, 2.05) is 18.2 Å². The Bertz CT molecular complexity index is 384. The highest BCUT2D eigenvalue weighted by molar-refractivity contribution is 6.32. The van der Waals surface area contributed by atoms with Gasteiger partial charge in [-0.25, -0.2) is 0 Å². The minimum absolute atomic E-state index is 0.0668. The van der Waals surface area contributed by atoms with Crippen LogP contribution in [0.2, 0.25) is 5.02 Å². The second-order valence-electron chi connectivity index (χ2n) is 4.32. The highest BCUT2D eigenvalue weighted by Crippen LogP contribution is 2.36. The van der Waals surface area contributed by atoms with Gasteiger partial charge in [-0.1, -0.05) is 17.7 Å². The summed E-state index contributed by atoms with van der Waals surface area (Å²) in [4.78, 5) is 0. The fourth-order valence-electron chi connectivity index (χ4n) is 2.31. The molecule has 1 saturated heterocycles. The first-order chi connectivity index (χ1) is 8.26. The van der Waals surface area contributed by atoms with Gasteiger partial charge in [0.05, 0.1) is 18.2 Å². The summed E-state index contributed by atoms with van der Waals surface area (Å²) < 4.78 is 11.0. The molecule has 4 heteroatoms. The summed E-state index contributed by atoms with van der Waals surface area (Å²) in [5.41, 5.74) is 6.88. The standard InChI is InChI=1S/C13H18ClNO2/c1-16-12-5-4-9(7-11(12)14)13-10(8-15)3-2-6-17-13/h4-5,7,10,13H,2-3,6,8,15H2,1H3. The van der Waals surface area contributed by atoms with Crippen molar-refractivity contribution in [2.24, 2.45) is 11.7 Å². The Morgan fingerprint density at radius 1 is 1.53 bits per heavy atom. The van der Waals surface area contributed by atoms with Crippen LogP contribution in [-0.4, -0.2) is 20.3 Å². The van der Waals surface area contributed by atoms with Crippen molar-refractivity contribution in [1.82, 2.24) is 0 Å². The maximum Gasteiger partial charge on any atom is 0.137 e. The summed E-state index contributed by atoms with van der Waals surface area (Å²) in [7, 11) is 1.61. The zero-order valence-corrected chi connectivity index (χ0v) is 10.7. The minimum Gasteiger partial charge on any atom is -0.495 e. The van der Waals surface area contributed by atoms with Gasteiger partial charge in [-0.2, -0.15) is 0 Å². The number of hydrogen-bond acceptors (Lipinski definition) is 3. The first-order valence-corrected chi connectivity index (χ1v) is 6.29. The van der Waals surface area contributed by atoms with Gasteiger partial charge in [0, 0.05) is 12.5 Å². The molecule has 2 unspecified atom stereocenters. The van der Waals surface area contributed by atoms with E-state index >= 15 is 0 Å². The zero-order chi connectivity index (χ0) is 12.3. The summed E-state index contributed by atoms with van der Waals surface area (Å²) in [6, 6.07) is 5.80. The van der Waals surface area contributed by atoms with Crippen LogP contribution < -0.4 is 10.5 Å². The molecule has 1 aliphatic heterocycles. The average Bonchev–Trinajstić information content (AvgIpc) is 2.38. The highest BCUT2D eigenvalue weighted by Gasteiger charge is 2.26. The molecule has 17 heavy (non-hydrogen) atoms. The number of nitrogens with two attached hydrogens (primary N) is 1. The molecule has 0 spiro atoms. The molecule has 1 aromatic carbocycles. The van der Waals surface area contributed by atoms with E-state index < -0.39 is 0 Å². The average molecular weight is 256 g/mol. The summed E-state index contributed by atoms with van der Waals surface area (Å²) in [5.74, 6) is 1.07. The van der Waals surface area contributed by atoms with Crippen LogP contribution in [0, 0.1) is 5.92 Å². The predicted octanol–water partition coefficient (Wildman–Crippen LogP) is 2.78. The van der Waals surface area contributed by atoms with E-state index in [9.17, 15) is 0 Å². The van der Waals surface area contributed by atoms with Crippen LogP contribution in [-0.2, 0) is 4.74 Å². The molecule has 0 aromatic heterocycles. The van der Waals surface area contributed by atoms with E-state index in [2.05, 4.69) is 0 Å². The second-order valence-corrected chi connectivity index (χ2v) is 4.73. The molecule has 0 aliphatic carbocycles. The Hall–Kier alpha value is -0.770. The summed E-state index contributed by atoms with van der Waals surface area (Å²) in [6.07, 6.45) is 2.27.